The molecule has 1 aliphatic carbocycles. The van der Waals surface area contributed by atoms with Crippen LogP contribution in [0.25, 0.3) is 0 Å². The van der Waals surface area contributed by atoms with E-state index in [1.165, 1.54) is 44.5 Å². The Morgan fingerprint density at radius 3 is 2.50 bits per heavy atom. The summed E-state index contributed by atoms with van der Waals surface area (Å²) in [7, 11) is 0. The molecule has 4 rings (SSSR count). The van der Waals surface area contributed by atoms with E-state index in [2.05, 4.69) is 46.3 Å². The molecule has 0 amide bonds. The van der Waals surface area contributed by atoms with Gasteiger partial charge in [0.2, 0.25) is 0 Å². The fourth-order valence-electron chi connectivity index (χ4n) is 4.14. The van der Waals surface area contributed by atoms with Crippen LogP contribution in [0, 0.1) is 0 Å². The second kappa shape index (κ2) is 6.39. The number of rotatable bonds is 2. The van der Waals surface area contributed by atoms with Gasteiger partial charge in [0.15, 0.2) is 0 Å². The Balaban J connectivity index is 0.00000144. The van der Waals surface area contributed by atoms with Gasteiger partial charge >= 0.3 is 0 Å². The van der Waals surface area contributed by atoms with Gasteiger partial charge in [0.1, 0.15) is 0 Å². The summed E-state index contributed by atoms with van der Waals surface area (Å²) in [6, 6.07) is 15.3. The molecule has 0 unspecified atom stereocenters. The van der Waals surface area contributed by atoms with Crippen molar-refractivity contribution in [3.63, 3.8) is 0 Å². The average molecular weight is 315 g/mol. The maximum absolute atomic E-state index is 4.46. The van der Waals surface area contributed by atoms with Crippen LogP contribution in [0.4, 0.5) is 0 Å². The summed E-state index contributed by atoms with van der Waals surface area (Å²) in [5, 5.41) is 0. The summed E-state index contributed by atoms with van der Waals surface area (Å²) >= 11 is 0. The van der Waals surface area contributed by atoms with Crippen molar-refractivity contribution in [1.82, 2.24) is 9.88 Å². The van der Waals surface area contributed by atoms with E-state index in [4.69, 9.17) is 0 Å². The molecule has 0 atom stereocenters. The predicted octanol–water partition coefficient (Wildman–Crippen LogP) is 3.98. The number of aromatic nitrogens is 1. The smallest absolute Gasteiger partial charge is 0.0543 e. The number of nitrogens with zero attached hydrogens (tertiary/aromatic N) is 2. The SMILES string of the molecule is Cl.c1ccc(CN2CCC3(CCc4ccccc43)CC2)nc1. The molecular formula is C19H23ClN2. The Hall–Kier alpha value is -1.38. The third kappa shape index (κ3) is 2.78. The average Bonchev–Trinajstić information content (AvgIpc) is 2.90. The Labute approximate surface area is 139 Å². The lowest BCUT2D eigenvalue weighted by atomic mass is 9.74. The van der Waals surface area contributed by atoms with Gasteiger partial charge < -0.3 is 0 Å². The van der Waals surface area contributed by atoms with E-state index < -0.39 is 0 Å². The van der Waals surface area contributed by atoms with E-state index in [9.17, 15) is 0 Å². The van der Waals surface area contributed by atoms with Gasteiger partial charge in [-0.15, -0.1) is 12.4 Å². The topological polar surface area (TPSA) is 16.1 Å². The van der Waals surface area contributed by atoms with Crippen LogP contribution < -0.4 is 0 Å². The van der Waals surface area contributed by atoms with Gasteiger partial charge in [0, 0.05) is 12.7 Å². The molecule has 0 N–H and O–H groups in total. The number of halogens is 1. The van der Waals surface area contributed by atoms with E-state index in [0.717, 1.165) is 6.54 Å². The molecule has 1 aromatic heterocycles. The summed E-state index contributed by atoms with van der Waals surface area (Å²) in [6.07, 6.45) is 7.13. The highest BCUT2D eigenvalue weighted by Gasteiger charge is 2.40. The largest absolute Gasteiger partial charge is 0.297 e. The highest BCUT2D eigenvalue weighted by molar-refractivity contribution is 5.85. The highest BCUT2D eigenvalue weighted by Crippen LogP contribution is 2.46. The summed E-state index contributed by atoms with van der Waals surface area (Å²) in [5.74, 6) is 0. The van der Waals surface area contributed by atoms with Crippen molar-refractivity contribution in [3.05, 3.63) is 65.5 Å². The Bertz CT molecular complexity index is 618. The zero-order valence-corrected chi connectivity index (χ0v) is 13.7. The quantitative estimate of drug-likeness (QED) is 0.833. The van der Waals surface area contributed by atoms with Gasteiger partial charge in [-0.2, -0.15) is 0 Å². The van der Waals surface area contributed by atoms with Crippen molar-refractivity contribution in [1.29, 1.82) is 0 Å². The molecule has 0 bridgehead atoms. The molecule has 2 aromatic rings. The normalized spacial score (nSPS) is 19.6. The molecular weight excluding hydrogens is 292 g/mol. The minimum atomic E-state index is 0. The van der Waals surface area contributed by atoms with Crippen LogP contribution in [-0.2, 0) is 18.4 Å². The van der Waals surface area contributed by atoms with Crippen molar-refractivity contribution in [2.24, 2.45) is 0 Å². The minimum Gasteiger partial charge on any atom is -0.297 e. The van der Waals surface area contributed by atoms with Gasteiger partial charge in [0.25, 0.3) is 0 Å². The Morgan fingerprint density at radius 2 is 1.73 bits per heavy atom. The van der Waals surface area contributed by atoms with Crippen LogP contribution >= 0.6 is 12.4 Å². The second-order valence-electron chi connectivity index (χ2n) is 6.53. The van der Waals surface area contributed by atoms with Gasteiger partial charge in [-0.1, -0.05) is 30.3 Å². The van der Waals surface area contributed by atoms with Gasteiger partial charge in [0.05, 0.1) is 5.69 Å². The van der Waals surface area contributed by atoms with Crippen molar-refractivity contribution in [2.45, 2.75) is 37.6 Å². The summed E-state index contributed by atoms with van der Waals surface area (Å²) < 4.78 is 0. The zero-order chi connectivity index (χ0) is 14.1. The highest BCUT2D eigenvalue weighted by atomic mass is 35.5. The van der Waals surface area contributed by atoms with E-state index in [1.807, 2.05) is 12.3 Å². The van der Waals surface area contributed by atoms with Crippen LogP contribution in [0.5, 0.6) is 0 Å². The third-order valence-electron chi connectivity index (χ3n) is 5.39. The number of hydrogen-bond donors (Lipinski definition) is 0. The van der Waals surface area contributed by atoms with Gasteiger partial charge in [-0.25, -0.2) is 0 Å². The first-order valence-corrected chi connectivity index (χ1v) is 8.06. The molecule has 0 radical (unpaired) electrons. The molecule has 116 valence electrons. The van der Waals surface area contributed by atoms with E-state index in [1.54, 1.807) is 11.1 Å². The Kier molecular flexibility index (Phi) is 4.51. The van der Waals surface area contributed by atoms with Crippen LogP contribution in [0.2, 0.25) is 0 Å². The molecule has 1 aliphatic heterocycles. The third-order valence-corrected chi connectivity index (χ3v) is 5.39. The first-order valence-electron chi connectivity index (χ1n) is 8.06. The van der Waals surface area contributed by atoms with E-state index in [0.29, 0.717) is 5.41 Å². The molecule has 2 heterocycles. The lowest BCUT2D eigenvalue weighted by Crippen LogP contribution is -2.41. The molecule has 0 saturated carbocycles. The number of fused-ring (bicyclic) bond motifs is 2. The van der Waals surface area contributed by atoms with Crippen LogP contribution in [0.3, 0.4) is 0 Å². The first-order chi connectivity index (χ1) is 10.4. The zero-order valence-electron chi connectivity index (χ0n) is 12.9. The Morgan fingerprint density at radius 1 is 0.955 bits per heavy atom. The van der Waals surface area contributed by atoms with Crippen LogP contribution in [-0.4, -0.2) is 23.0 Å². The molecule has 22 heavy (non-hydrogen) atoms. The molecule has 1 spiro atoms. The standard InChI is InChI=1S/C19H22N2.ClH/c1-2-7-18-16(5-1)8-9-19(18)10-13-21(14-11-19)15-17-6-3-4-12-20-17;/h1-7,12H,8-11,13-15H2;1H. The van der Waals surface area contributed by atoms with Crippen molar-refractivity contribution in [3.8, 4) is 0 Å². The number of piperidine rings is 1. The number of aryl methyl sites for hydroxylation is 1. The molecule has 3 heteroatoms. The number of likely N-dealkylation sites (tertiary alicyclic amines) is 1. The number of pyridine rings is 1. The second-order valence-corrected chi connectivity index (χ2v) is 6.53. The van der Waals surface area contributed by atoms with Gasteiger partial charge in [-0.3, -0.25) is 9.88 Å². The monoisotopic (exact) mass is 314 g/mol. The van der Waals surface area contributed by atoms with Crippen molar-refractivity contribution in [2.75, 3.05) is 13.1 Å². The molecule has 1 saturated heterocycles. The lowest BCUT2D eigenvalue weighted by molar-refractivity contribution is 0.151. The van der Waals surface area contributed by atoms with Gasteiger partial charge in [-0.05, 0) is 67.4 Å². The van der Waals surface area contributed by atoms with Crippen LogP contribution in [0.1, 0.15) is 36.1 Å². The maximum Gasteiger partial charge on any atom is 0.0543 e. The van der Waals surface area contributed by atoms with Crippen molar-refractivity contribution < 1.29 is 0 Å². The van der Waals surface area contributed by atoms with E-state index in [-0.39, 0.29) is 12.4 Å². The van der Waals surface area contributed by atoms with Crippen molar-refractivity contribution >= 4 is 12.4 Å². The van der Waals surface area contributed by atoms with E-state index >= 15 is 0 Å². The first kappa shape index (κ1) is 15.5. The molecule has 1 aromatic carbocycles. The minimum absolute atomic E-state index is 0. The summed E-state index contributed by atoms with van der Waals surface area (Å²) in [5.41, 5.74) is 4.90. The number of hydrogen-bond acceptors (Lipinski definition) is 2. The summed E-state index contributed by atoms with van der Waals surface area (Å²) in [4.78, 5) is 7.02. The van der Waals surface area contributed by atoms with Crippen LogP contribution in [0.15, 0.2) is 48.7 Å². The fraction of sp³-hybridized carbons (Fsp3) is 0.421. The maximum atomic E-state index is 4.46. The predicted molar refractivity (Wildman–Crippen MR) is 92.4 cm³/mol. The summed E-state index contributed by atoms with van der Waals surface area (Å²) in [6.45, 7) is 3.40. The molecule has 2 aliphatic rings. The molecule has 2 nitrogen and oxygen atoms in total. The fourth-order valence-corrected chi connectivity index (χ4v) is 4.14. The molecule has 1 fully saturated rings. The number of benzene rings is 1. The lowest BCUT2D eigenvalue weighted by Gasteiger charge is -2.40.